The molecule has 0 aliphatic rings. The van der Waals surface area contributed by atoms with E-state index in [1.165, 1.54) is 6.20 Å². The summed E-state index contributed by atoms with van der Waals surface area (Å²) in [5.41, 5.74) is 5.11. The maximum atomic E-state index is 10.6. The van der Waals surface area contributed by atoms with Crippen LogP contribution in [0.3, 0.4) is 0 Å². The Bertz CT molecular complexity index is 351. The Hall–Kier alpha value is -1.85. The average molecular weight is 196 g/mol. The van der Waals surface area contributed by atoms with Crippen LogP contribution in [0.25, 0.3) is 0 Å². The minimum absolute atomic E-state index is 0.0770. The second kappa shape index (κ2) is 3.91. The summed E-state index contributed by atoms with van der Waals surface area (Å²) in [5.74, 6) is -0.846. The van der Waals surface area contributed by atoms with Crippen molar-refractivity contribution in [2.24, 2.45) is 0 Å². The van der Waals surface area contributed by atoms with Crippen LogP contribution in [0.2, 0.25) is 0 Å². The van der Waals surface area contributed by atoms with Crippen LogP contribution in [0.5, 0.6) is 0 Å². The van der Waals surface area contributed by atoms with E-state index in [-0.39, 0.29) is 17.6 Å². The summed E-state index contributed by atoms with van der Waals surface area (Å²) in [7, 11) is 0. The molecule has 1 aromatic heterocycles. The predicted molar refractivity (Wildman–Crippen MR) is 52.2 cm³/mol. The molecule has 0 unspecified atom stereocenters. The molecule has 0 saturated carbocycles. The van der Waals surface area contributed by atoms with Gasteiger partial charge in [0.25, 0.3) is 0 Å². The van der Waals surface area contributed by atoms with Crippen molar-refractivity contribution >= 4 is 17.6 Å². The molecule has 0 saturated heterocycles. The molecule has 1 heterocycles. The molecule has 6 heteroatoms. The maximum Gasteiger partial charge on any atom is 0.358 e. The summed E-state index contributed by atoms with van der Waals surface area (Å²) < 4.78 is 0. The van der Waals surface area contributed by atoms with E-state index >= 15 is 0 Å². The molecule has 0 aliphatic heterocycles. The fourth-order valence-electron chi connectivity index (χ4n) is 0.921. The zero-order valence-electron chi connectivity index (χ0n) is 7.98. The molecule has 0 fully saturated rings. The van der Waals surface area contributed by atoms with E-state index in [0.29, 0.717) is 5.82 Å². The normalized spacial score (nSPS) is 10.2. The van der Waals surface area contributed by atoms with Gasteiger partial charge in [-0.25, -0.2) is 14.8 Å². The molecule has 0 aliphatic carbocycles. The minimum atomic E-state index is -1.18. The van der Waals surface area contributed by atoms with E-state index in [9.17, 15) is 4.79 Å². The van der Waals surface area contributed by atoms with Gasteiger partial charge in [0.2, 0.25) is 0 Å². The number of hydrogen-bond acceptors (Lipinski definition) is 5. The Morgan fingerprint density at radius 1 is 1.64 bits per heavy atom. The molecule has 14 heavy (non-hydrogen) atoms. The van der Waals surface area contributed by atoms with Crippen molar-refractivity contribution in [2.45, 2.75) is 19.9 Å². The van der Waals surface area contributed by atoms with Gasteiger partial charge in [-0.2, -0.15) is 0 Å². The molecule has 1 rings (SSSR count). The van der Waals surface area contributed by atoms with E-state index < -0.39 is 5.97 Å². The fourth-order valence-corrected chi connectivity index (χ4v) is 0.921. The highest BCUT2D eigenvalue weighted by Gasteiger charge is 2.12. The summed E-state index contributed by atoms with van der Waals surface area (Å²) in [4.78, 5) is 18.2. The second-order valence-corrected chi connectivity index (χ2v) is 3.09. The lowest BCUT2D eigenvalue weighted by Crippen LogP contribution is -2.15. The number of nitrogens with one attached hydrogen (secondary N) is 1. The molecule has 0 amide bonds. The molecule has 6 nitrogen and oxygen atoms in total. The zero-order chi connectivity index (χ0) is 10.7. The first-order valence-electron chi connectivity index (χ1n) is 4.13. The lowest BCUT2D eigenvalue weighted by atomic mass is 10.4. The van der Waals surface area contributed by atoms with Crippen molar-refractivity contribution in [3.05, 3.63) is 11.9 Å². The highest BCUT2D eigenvalue weighted by atomic mass is 16.4. The first-order chi connectivity index (χ1) is 6.50. The monoisotopic (exact) mass is 196 g/mol. The number of hydrogen-bond donors (Lipinski definition) is 3. The van der Waals surface area contributed by atoms with Crippen molar-refractivity contribution < 1.29 is 9.90 Å². The van der Waals surface area contributed by atoms with E-state index in [1.807, 2.05) is 13.8 Å². The number of anilines is 2. The van der Waals surface area contributed by atoms with Gasteiger partial charge in [-0.15, -0.1) is 0 Å². The maximum absolute atomic E-state index is 10.6. The highest BCUT2D eigenvalue weighted by molar-refractivity contribution is 5.90. The Labute approximate surface area is 81.2 Å². The number of nitrogens with two attached hydrogens (primary N) is 1. The Morgan fingerprint density at radius 3 is 2.79 bits per heavy atom. The zero-order valence-corrected chi connectivity index (χ0v) is 7.98. The number of aromatic carboxylic acids is 1. The van der Waals surface area contributed by atoms with Gasteiger partial charge < -0.3 is 16.2 Å². The predicted octanol–water partition coefficient (Wildman–Crippen LogP) is 0.577. The summed E-state index contributed by atoms with van der Waals surface area (Å²) in [6, 6.07) is 0.162. The molecule has 0 spiro atoms. The van der Waals surface area contributed by atoms with E-state index in [4.69, 9.17) is 10.8 Å². The first kappa shape index (κ1) is 10.2. The first-order valence-corrected chi connectivity index (χ1v) is 4.13. The van der Waals surface area contributed by atoms with Crippen molar-refractivity contribution in [1.29, 1.82) is 0 Å². The quantitative estimate of drug-likeness (QED) is 0.653. The molecular formula is C8H12N4O2. The lowest BCUT2D eigenvalue weighted by molar-refractivity contribution is 0.0691. The van der Waals surface area contributed by atoms with Crippen LogP contribution in [-0.2, 0) is 0 Å². The van der Waals surface area contributed by atoms with Gasteiger partial charge in [0.15, 0.2) is 11.5 Å². The molecule has 76 valence electrons. The van der Waals surface area contributed by atoms with Crippen LogP contribution < -0.4 is 11.1 Å². The van der Waals surface area contributed by atoms with Gasteiger partial charge in [0.1, 0.15) is 5.82 Å². The highest BCUT2D eigenvalue weighted by Crippen LogP contribution is 2.10. The summed E-state index contributed by atoms with van der Waals surface area (Å²) in [6.45, 7) is 3.83. The van der Waals surface area contributed by atoms with Gasteiger partial charge in [0, 0.05) is 6.04 Å². The topological polar surface area (TPSA) is 101 Å². The minimum Gasteiger partial charge on any atom is -0.476 e. The number of nitrogens with zero attached hydrogens (tertiary/aromatic N) is 2. The Kier molecular flexibility index (Phi) is 2.85. The van der Waals surface area contributed by atoms with Crippen molar-refractivity contribution in [3.63, 3.8) is 0 Å². The van der Waals surface area contributed by atoms with Crippen LogP contribution in [0.1, 0.15) is 24.3 Å². The fraction of sp³-hybridized carbons (Fsp3) is 0.375. The third-order valence-electron chi connectivity index (χ3n) is 1.44. The summed E-state index contributed by atoms with van der Waals surface area (Å²) >= 11 is 0. The van der Waals surface area contributed by atoms with Gasteiger partial charge in [0.05, 0.1) is 6.20 Å². The van der Waals surface area contributed by atoms with Gasteiger partial charge >= 0.3 is 5.97 Å². The molecule has 0 aromatic carbocycles. The number of aromatic nitrogens is 2. The third kappa shape index (κ3) is 2.32. The van der Waals surface area contributed by atoms with Crippen molar-refractivity contribution in [2.75, 3.05) is 11.1 Å². The lowest BCUT2D eigenvalue weighted by Gasteiger charge is -2.09. The number of carboxylic acid groups (broad SMARTS) is 1. The molecule has 0 atom stereocenters. The van der Waals surface area contributed by atoms with E-state index in [0.717, 1.165) is 0 Å². The van der Waals surface area contributed by atoms with Crippen molar-refractivity contribution in [3.8, 4) is 0 Å². The number of carboxylic acids is 1. The second-order valence-electron chi connectivity index (χ2n) is 3.09. The Balaban J connectivity index is 3.00. The summed E-state index contributed by atoms with van der Waals surface area (Å²) in [5, 5.41) is 11.6. The van der Waals surface area contributed by atoms with Gasteiger partial charge in [-0.1, -0.05) is 0 Å². The number of rotatable bonds is 3. The molecule has 0 bridgehead atoms. The Morgan fingerprint density at radius 2 is 2.29 bits per heavy atom. The van der Waals surface area contributed by atoms with Gasteiger partial charge in [-0.05, 0) is 13.8 Å². The van der Waals surface area contributed by atoms with Gasteiger partial charge in [-0.3, -0.25) is 0 Å². The van der Waals surface area contributed by atoms with E-state index in [2.05, 4.69) is 15.3 Å². The smallest absolute Gasteiger partial charge is 0.358 e. The average Bonchev–Trinajstić information content (AvgIpc) is 2.07. The summed E-state index contributed by atoms with van der Waals surface area (Å²) in [6.07, 6.45) is 1.40. The van der Waals surface area contributed by atoms with Crippen LogP contribution in [-0.4, -0.2) is 27.1 Å². The van der Waals surface area contributed by atoms with Crippen molar-refractivity contribution in [1.82, 2.24) is 9.97 Å². The molecule has 4 N–H and O–H groups in total. The third-order valence-corrected chi connectivity index (χ3v) is 1.44. The number of carbonyl (C=O) groups is 1. The van der Waals surface area contributed by atoms with Crippen LogP contribution in [0.15, 0.2) is 6.20 Å². The van der Waals surface area contributed by atoms with Crippen LogP contribution in [0, 0.1) is 0 Å². The molecular weight excluding hydrogens is 184 g/mol. The largest absolute Gasteiger partial charge is 0.476 e. The SMILES string of the molecule is CC(C)Nc1cnc(N)c(C(=O)O)n1. The number of nitrogen functional groups attached to an aromatic ring is 1. The van der Waals surface area contributed by atoms with Crippen LogP contribution >= 0.6 is 0 Å². The standard InChI is InChI=1S/C8H12N4O2/c1-4(2)11-5-3-10-7(9)6(12-5)8(13)14/h3-4H,1-2H3,(H2,9,10)(H,11,12)(H,13,14). The van der Waals surface area contributed by atoms with Crippen LogP contribution in [0.4, 0.5) is 11.6 Å². The van der Waals surface area contributed by atoms with E-state index in [1.54, 1.807) is 0 Å². The molecule has 1 aromatic rings. The molecule has 0 radical (unpaired) electrons.